The Morgan fingerprint density at radius 2 is 1.81 bits per heavy atom. The van der Waals surface area contributed by atoms with Crippen LogP contribution in [0, 0.1) is 24.6 Å². The maximum absolute atomic E-state index is 13.6. The van der Waals surface area contributed by atoms with Crippen LogP contribution in [0.3, 0.4) is 0 Å². The number of carbonyl (C=O) groups is 2. The van der Waals surface area contributed by atoms with Gasteiger partial charge in [0.05, 0.1) is 22.6 Å². The Hall–Kier alpha value is -3.96. The number of hydrogen-bond acceptors (Lipinski definition) is 8. The van der Waals surface area contributed by atoms with Crippen molar-refractivity contribution in [1.82, 2.24) is 30.2 Å². The first kappa shape index (κ1) is 28.2. The Labute approximate surface area is 251 Å². The van der Waals surface area contributed by atoms with Crippen LogP contribution in [0.25, 0.3) is 22.1 Å². The van der Waals surface area contributed by atoms with Gasteiger partial charge < -0.3 is 15.0 Å². The molecule has 2 amide bonds. The number of nitrogens with zero attached hydrogens (tertiary/aromatic N) is 5. The number of thiazole rings is 1. The number of aryl methyl sites for hydroxylation is 1. The van der Waals surface area contributed by atoms with Crippen molar-refractivity contribution in [3.05, 3.63) is 76.9 Å². The van der Waals surface area contributed by atoms with Gasteiger partial charge in [0.1, 0.15) is 28.4 Å². The molecule has 3 aromatic heterocycles. The predicted molar refractivity (Wildman–Crippen MR) is 157 cm³/mol. The molecule has 9 nitrogen and oxygen atoms in total. The predicted octanol–water partition coefficient (Wildman–Crippen LogP) is 4.85. The lowest BCUT2D eigenvalue weighted by Gasteiger charge is -2.27. The lowest BCUT2D eigenvalue weighted by Crippen LogP contribution is -2.42. The van der Waals surface area contributed by atoms with Gasteiger partial charge in [-0.15, -0.1) is 22.9 Å². The van der Waals surface area contributed by atoms with E-state index in [1.54, 1.807) is 30.6 Å². The van der Waals surface area contributed by atoms with Crippen molar-refractivity contribution in [2.75, 3.05) is 19.0 Å². The van der Waals surface area contributed by atoms with Gasteiger partial charge in [-0.3, -0.25) is 14.6 Å². The lowest BCUT2D eigenvalue weighted by molar-refractivity contribution is -0.120. The van der Waals surface area contributed by atoms with Crippen molar-refractivity contribution < 1.29 is 18.7 Å². The van der Waals surface area contributed by atoms with E-state index < -0.39 is 5.54 Å². The van der Waals surface area contributed by atoms with Crippen LogP contribution in [0.4, 0.5) is 4.39 Å². The number of ether oxygens (including phenoxy) is 1. The van der Waals surface area contributed by atoms with Gasteiger partial charge in [0, 0.05) is 55.0 Å². The average molecular weight is 607 g/mol. The number of nitrogens with one attached hydrogen (secondary N) is 1. The summed E-state index contributed by atoms with van der Waals surface area (Å²) in [5.41, 5.74) is 1.73. The number of alkyl halides is 1. The van der Waals surface area contributed by atoms with Crippen molar-refractivity contribution >= 4 is 34.8 Å². The summed E-state index contributed by atoms with van der Waals surface area (Å²) in [5.74, 6) is 0.624. The number of carbonyl (C=O) groups excluding carboxylic acids is 2. The minimum atomic E-state index is -0.834. The molecule has 4 heterocycles. The molecule has 0 unspecified atom stereocenters. The fourth-order valence-electron chi connectivity index (χ4n) is 5.32. The Morgan fingerprint density at radius 3 is 2.48 bits per heavy atom. The summed E-state index contributed by atoms with van der Waals surface area (Å²) < 4.78 is 20.0. The summed E-state index contributed by atoms with van der Waals surface area (Å²) in [5, 5.41) is 3.51. The van der Waals surface area contributed by atoms with E-state index in [4.69, 9.17) is 21.3 Å². The minimum absolute atomic E-state index is 0.0419. The fraction of sp³-hybridized carbons (Fsp3) is 0.333. The first-order valence-corrected chi connectivity index (χ1v) is 14.8. The second kappa shape index (κ2) is 11.0. The van der Waals surface area contributed by atoms with E-state index in [1.165, 1.54) is 23.5 Å². The molecule has 6 rings (SSSR count). The highest BCUT2D eigenvalue weighted by atomic mass is 35.5. The summed E-state index contributed by atoms with van der Waals surface area (Å²) in [4.78, 5) is 45.7. The Morgan fingerprint density at radius 1 is 1.12 bits per heavy atom. The zero-order chi connectivity index (χ0) is 29.6. The third kappa shape index (κ3) is 5.58. The van der Waals surface area contributed by atoms with E-state index >= 15 is 0 Å². The maximum atomic E-state index is 13.6. The number of hydrogen-bond donors (Lipinski definition) is 1. The molecule has 1 aliphatic carbocycles. The smallest absolute Gasteiger partial charge is 0.265 e. The van der Waals surface area contributed by atoms with Crippen LogP contribution < -0.4 is 10.1 Å². The van der Waals surface area contributed by atoms with Gasteiger partial charge in [-0.1, -0.05) is 0 Å². The zero-order valence-corrected chi connectivity index (χ0v) is 24.7. The monoisotopic (exact) mass is 606 g/mol. The Bertz CT molecular complexity index is 1640. The summed E-state index contributed by atoms with van der Waals surface area (Å²) in [6.45, 7) is 6.68. The summed E-state index contributed by atoms with van der Waals surface area (Å²) in [6.07, 6.45) is 3.25. The average Bonchev–Trinajstić information content (AvgIpc) is 3.29. The molecular formula is C30H28ClFN6O3S. The number of likely N-dealkylation sites (tertiary alicyclic amines) is 1. The van der Waals surface area contributed by atoms with Crippen molar-refractivity contribution in [2.45, 2.75) is 32.4 Å². The van der Waals surface area contributed by atoms with Crippen LogP contribution in [0.2, 0.25) is 0 Å². The van der Waals surface area contributed by atoms with E-state index in [9.17, 15) is 14.0 Å². The van der Waals surface area contributed by atoms with E-state index in [1.807, 2.05) is 37.8 Å². The molecule has 0 spiro atoms. The molecule has 3 atom stereocenters. The normalized spacial score (nSPS) is 19.4. The molecule has 1 aliphatic heterocycles. The van der Waals surface area contributed by atoms with Gasteiger partial charge in [0.2, 0.25) is 5.91 Å². The molecule has 12 heteroatoms. The minimum Gasteiger partial charge on any atom is -0.490 e. The van der Waals surface area contributed by atoms with Crippen LogP contribution in [0.15, 0.2) is 54.9 Å². The molecule has 2 fully saturated rings. The molecule has 0 radical (unpaired) electrons. The molecule has 216 valence electrons. The number of rotatable bonds is 8. The van der Waals surface area contributed by atoms with Crippen molar-refractivity contribution in [3.63, 3.8) is 0 Å². The van der Waals surface area contributed by atoms with Crippen molar-refractivity contribution in [1.29, 1.82) is 0 Å². The van der Waals surface area contributed by atoms with Crippen LogP contribution in [-0.4, -0.2) is 61.7 Å². The molecule has 1 saturated carbocycles. The SMILES string of the molecule is Cc1nc(-c2ncccn2)sc1C(=O)N1C[C@@H]2[C@H](C1)[C@@H]2Oc1cc(-c2ccc(F)cc2)nc(C(C)(C)NC(=O)CCl)c1. The number of fused-ring (bicyclic) bond motifs is 1. The standard InChI is InChI=1S/C30H28ClFN6O3S/c1-16-26(42-28(35-16)27-33-9-4-10-34-27)29(40)38-14-20-21(15-38)25(20)41-19-11-22(17-5-7-18(32)8-6-17)36-23(12-19)30(2,3)37-24(39)13-31/h4-12,20-21,25H,13-15H2,1-3H3,(H,37,39)/t20-,21+,25-. The molecule has 0 bridgehead atoms. The van der Waals surface area contributed by atoms with E-state index in [2.05, 4.69) is 20.3 Å². The molecule has 4 aromatic rings. The number of halogens is 2. The second-order valence-corrected chi connectivity index (χ2v) is 12.3. The van der Waals surface area contributed by atoms with Crippen LogP contribution >= 0.6 is 22.9 Å². The van der Waals surface area contributed by atoms with Crippen LogP contribution in [-0.2, 0) is 10.3 Å². The molecule has 1 saturated heterocycles. The van der Waals surface area contributed by atoms with E-state index in [0.717, 1.165) is 5.56 Å². The molecule has 42 heavy (non-hydrogen) atoms. The van der Waals surface area contributed by atoms with Gasteiger partial charge in [-0.05, 0) is 51.1 Å². The number of amides is 2. The molecule has 2 aliphatic rings. The summed E-state index contributed by atoms with van der Waals surface area (Å²) >= 11 is 7.04. The fourth-order valence-corrected chi connectivity index (χ4v) is 6.37. The van der Waals surface area contributed by atoms with E-state index in [-0.39, 0.29) is 41.5 Å². The number of pyridine rings is 1. The van der Waals surface area contributed by atoms with Gasteiger partial charge in [0.15, 0.2) is 10.8 Å². The molecule has 1 N–H and O–H groups in total. The topological polar surface area (TPSA) is 110 Å². The Balaban J connectivity index is 1.18. The third-order valence-electron chi connectivity index (χ3n) is 7.58. The first-order valence-electron chi connectivity index (χ1n) is 13.5. The highest BCUT2D eigenvalue weighted by molar-refractivity contribution is 7.17. The van der Waals surface area contributed by atoms with Gasteiger partial charge in [-0.25, -0.2) is 19.3 Å². The zero-order valence-electron chi connectivity index (χ0n) is 23.2. The highest BCUT2D eigenvalue weighted by Gasteiger charge is 2.59. The molecule has 1 aromatic carbocycles. The summed E-state index contributed by atoms with van der Waals surface area (Å²) in [7, 11) is 0. The lowest BCUT2D eigenvalue weighted by atomic mass is 9.98. The van der Waals surface area contributed by atoms with Crippen LogP contribution in [0.5, 0.6) is 5.75 Å². The van der Waals surface area contributed by atoms with E-state index in [0.29, 0.717) is 51.6 Å². The molecular weight excluding hydrogens is 579 g/mol. The van der Waals surface area contributed by atoms with Crippen molar-refractivity contribution in [3.8, 4) is 27.8 Å². The summed E-state index contributed by atoms with van der Waals surface area (Å²) in [6, 6.07) is 11.4. The van der Waals surface area contributed by atoms with Gasteiger partial charge in [0.25, 0.3) is 5.91 Å². The quantitative estimate of drug-likeness (QED) is 0.286. The third-order valence-corrected chi connectivity index (χ3v) is 8.96. The maximum Gasteiger partial charge on any atom is 0.265 e. The second-order valence-electron chi connectivity index (χ2n) is 11.0. The Kier molecular flexibility index (Phi) is 7.40. The van der Waals surface area contributed by atoms with Crippen molar-refractivity contribution in [2.24, 2.45) is 11.8 Å². The highest BCUT2D eigenvalue weighted by Crippen LogP contribution is 2.49. The van der Waals surface area contributed by atoms with Crippen LogP contribution in [0.1, 0.15) is 34.9 Å². The number of piperidine rings is 1. The van der Waals surface area contributed by atoms with Gasteiger partial charge >= 0.3 is 0 Å². The largest absolute Gasteiger partial charge is 0.490 e. The number of benzene rings is 1. The first-order chi connectivity index (χ1) is 20.1. The van der Waals surface area contributed by atoms with Gasteiger partial charge in [-0.2, -0.15) is 0 Å². The number of aromatic nitrogens is 4.